The Bertz CT molecular complexity index is 1290. The molecule has 0 aliphatic carbocycles. The van der Waals surface area contributed by atoms with Gasteiger partial charge in [-0.25, -0.2) is 18.7 Å². The van der Waals surface area contributed by atoms with Gasteiger partial charge in [0.05, 0.1) is 30.5 Å². The van der Waals surface area contributed by atoms with Crippen molar-refractivity contribution in [1.82, 2.24) is 23.9 Å². The largest absolute Gasteiger partial charge is 0.471 e. The van der Waals surface area contributed by atoms with Crippen molar-refractivity contribution in [3.8, 4) is 22.6 Å². The van der Waals surface area contributed by atoms with Crippen LogP contribution in [0.2, 0.25) is 0 Å². The summed E-state index contributed by atoms with van der Waals surface area (Å²) in [6.07, 6.45) is -4.03. The van der Waals surface area contributed by atoms with E-state index in [1.807, 2.05) is 0 Å². The standard InChI is InChI=1S/C20H15F5N6O/c1-11-3-2-4-13(28-11)17-18(30(10-27-17)9-14(21)22)12-5-6-15-26-7-16(31(15)8-12)29-19(32)20(23,24)25/h2-8,10,14H,9H2,1H3,(H,29,32). The summed E-state index contributed by atoms with van der Waals surface area (Å²) in [5, 5.41) is 1.76. The number of carbonyl (C=O) groups excluding carboxylic acids is 1. The maximum atomic E-state index is 13.2. The molecule has 12 heteroatoms. The summed E-state index contributed by atoms with van der Waals surface area (Å²) < 4.78 is 66.8. The van der Waals surface area contributed by atoms with Gasteiger partial charge in [0.1, 0.15) is 17.2 Å². The Labute approximate surface area is 177 Å². The van der Waals surface area contributed by atoms with E-state index in [-0.39, 0.29) is 11.5 Å². The summed E-state index contributed by atoms with van der Waals surface area (Å²) in [5.74, 6) is -2.38. The van der Waals surface area contributed by atoms with Crippen molar-refractivity contribution in [2.45, 2.75) is 26.1 Å². The highest BCUT2D eigenvalue weighted by Gasteiger charge is 2.39. The van der Waals surface area contributed by atoms with Crippen LogP contribution < -0.4 is 5.32 Å². The fraction of sp³-hybridized carbons (Fsp3) is 0.200. The van der Waals surface area contributed by atoms with Crippen LogP contribution in [0, 0.1) is 6.92 Å². The molecule has 0 unspecified atom stereocenters. The molecule has 4 heterocycles. The van der Waals surface area contributed by atoms with Gasteiger partial charge in [-0.15, -0.1) is 0 Å². The van der Waals surface area contributed by atoms with Crippen molar-refractivity contribution in [3.05, 3.63) is 54.7 Å². The van der Waals surface area contributed by atoms with Crippen LogP contribution in [0.1, 0.15) is 5.69 Å². The molecule has 0 aliphatic rings. The lowest BCUT2D eigenvalue weighted by Gasteiger charge is -2.12. The first-order chi connectivity index (χ1) is 15.1. The molecule has 0 aliphatic heterocycles. The Kier molecular flexibility index (Phi) is 5.36. The number of carbonyl (C=O) groups is 1. The van der Waals surface area contributed by atoms with E-state index in [1.165, 1.54) is 27.6 Å². The van der Waals surface area contributed by atoms with E-state index >= 15 is 0 Å². The summed E-state index contributed by atoms with van der Waals surface area (Å²) in [5.41, 5.74) is 2.39. The van der Waals surface area contributed by atoms with Crippen LogP contribution in [0.5, 0.6) is 0 Å². The first-order valence-corrected chi connectivity index (χ1v) is 9.26. The first kappa shape index (κ1) is 21.4. The molecule has 4 aromatic heterocycles. The van der Waals surface area contributed by atoms with E-state index in [2.05, 4.69) is 15.0 Å². The third-order valence-corrected chi connectivity index (χ3v) is 4.58. The van der Waals surface area contributed by atoms with E-state index < -0.39 is 25.1 Å². The number of halogens is 5. The second kappa shape index (κ2) is 8.02. The van der Waals surface area contributed by atoms with Crippen molar-refractivity contribution in [2.24, 2.45) is 0 Å². The maximum absolute atomic E-state index is 13.2. The van der Waals surface area contributed by atoms with Gasteiger partial charge in [-0.1, -0.05) is 6.07 Å². The van der Waals surface area contributed by atoms with Gasteiger partial charge in [0.25, 0.3) is 6.43 Å². The van der Waals surface area contributed by atoms with Gasteiger partial charge in [-0.3, -0.25) is 14.2 Å². The van der Waals surface area contributed by atoms with Crippen LogP contribution in [0.25, 0.3) is 28.3 Å². The van der Waals surface area contributed by atoms with Crippen LogP contribution in [0.15, 0.2) is 49.1 Å². The minimum absolute atomic E-state index is 0.223. The molecule has 0 spiro atoms. The SMILES string of the molecule is Cc1cccc(-c2ncn(CC(F)F)c2-c2ccc3ncc(NC(=O)C(F)(F)F)n3c2)n1. The molecule has 0 radical (unpaired) electrons. The Morgan fingerprint density at radius 1 is 1.16 bits per heavy atom. The average Bonchev–Trinajstić information content (AvgIpc) is 3.30. The normalized spacial score (nSPS) is 12.0. The van der Waals surface area contributed by atoms with Crippen LogP contribution in [-0.4, -0.2) is 42.4 Å². The number of rotatable bonds is 5. The van der Waals surface area contributed by atoms with Crippen molar-refractivity contribution in [3.63, 3.8) is 0 Å². The van der Waals surface area contributed by atoms with E-state index in [0.717, 1.165) is 6.20 Å². The van der Waals surface area contributed by atoms with E-state index in [0.29, 0.717) is 28.3 Å². The fourth-order valence-corrected chi connectivity index (χ4v) is 3.23. The van der Waals surface area contributed by atoms with Crippen LogP contribution in [0.4, 0.5) is 27.8 Å². The summed E-state index contributed by atoms with van der Waals surface area (Å²) in [7, 11) is 0. The lowest BCUT2D eigenvalue weighted by molar-refractivity contribution is -0.167. The number of pyridine rings is 2. The summed E-state index contributed by atoms with van der Waals surface area (Å²) in [4.78, 5) is 24.0. The molecule has 4 aromatic rings. The number of amides is 1. The highest BCUT2D eigenvalue weighted by atomic mass is 19.4. The average molecular weight is 450 g/mol. The topological polar surface area (TPSA) is 77.1 Å². The summed E-state index contributed by atoms with van der Waals surface area (Å²) in [6, 6.07) is 8.27. The van der Waals surface area contributed by atoms with Gasteiger partial charge in [0.2, 0.25) is 0 Å². The molecule has 0 fully saturated rings. The molecule has 0 saturated heterocycles. The van der Waals surface area contributed by atoms with Gasteiger partial charge < -0.3 is 9.88 Å². The molecule has 166 valence electrons. The van der Waals surface area contributed by atoms with Crippen molar-refractivity contribution in [2.75, 3.05) is 5.32 Å². The molecule has 4 rings (SSSR count). The first-order valence-electron chi connectivity index (χ1n) is 9.26. The number of anilines is 1. The number of fused-ring (bicyclic) bond motifs is 1. The lowest BCUT2D eigenvalue weighted by atomic mass is 10.1. The molecule has 32 heavy (non-hydrogen) atoms. The van der Waals surface area contributed by atoms with E-state index in [4.69, 9.17) is 0 Å². The monoisotopic (exact) mass is 450 g/mol. The second-order valence-corrected chi connectivity index (χ2v) is 6.89. The zero-order valence-corrected chi connectivity index (χ0v) is 16.4. The summed E-state index contributed by atoms with van der Waals surface area (Å²) in [6.45, 7) is 1.13. The van der Waals surface area contributed by atoms with Gasteiger partial charge >= 0.3 is 12.1 Å². The minimum Gasteiger partial charge on any atom is -0.324 e. The predicted octanol–water partition coefficient (Wildman–Crippen LogP) is 4.33. The van der Waals surface area contributed by atoms with Crippen molar-refractivity contribution in [1.29, 1.82) is 0 Å². The number of hydrogen-bond acceptors (Lipinski definition) is 4. The third kappa shape index (κ3) is 4.15. The summed E-state index contributed by atoms with van der Waals surface area (Å²) >= 11 is 0. The van der Waals surface area contributed by atoms with E-state index in [1.54, 1.807) is 36.5 Å². The zero-order chi connectivity index (χ0) is 23.0. The number of nitrogens with one attached hydrogen (secondary N) is 1. The molecular weight excluding hydrogens is 435 g/mol. The van der Waals surface area contributed by atoms with E-state index in [9.17, 15) is 26.7 Å². The van der Waals surface area contributed by atoms with Crippen LogP contribution >= 0.6 is 0 Å². The van der Waals surface area contributed by atoms with Crippen molar-refractivity contribution >= 4 is 17.4 Å². The molecule has 0 saturated carbocycles. The van der Waals surface area contributed by atoms with Gasteiger partial charge in [-0.2, -0.15) is 13.2 Å². The van der Waals surface area contributed by atoms with Crippen LogP contribution in [-0.2, 0) is 11.3 Å². The fourth-order valence-electron chi connectivity index (χ4n) is 3.23. The maximum Gasteiger partial charge on any atom is 0.471 e. The van der Waals surface area contributed by atoms with Crippen molar-refractivity contribution < 1.29 is 26.7 Å². The Hall–Kier alpha value is -3.83. The molecule has 7 nitrogen and oxygen atoms in total. The number of aryl methyl sites for hydroxylation is 1. The van der Waals surface area contributed by atoms with Gasteiger partial charge in [0.15, 0.2) is 0 Å². The molecule has 0 aromatic carbocycles. The molecule has 1 N–H and O–H groups in total. The second-order valence-electron chi connectivity index (χ2n) is 6.89. The Balaban J connectivity index is 1.85. The molecular formula is C20H15F5N6O. The van der Waals surface area contributed by atoms with Gasteiger partial charge in [0, 0.05) is 17.5 Å². The van der Waals surface area contributed by atoms with Crippen LogP contribution in [0.3, 0.4) is 0 Å². The number of alkyl halides is 5. The highest BCUT2D eigenvalue weighted by molar-refractivity contribution is 5.94. The number of nitrogens with zero attached hydrogens (tertiary/aromatic N) is 5. The Morgan fingerprint density at radius 3 is 2.62 bits per heavy atom. The number of hydrogen-bond donors (Lipinski definition) is 1. The molecule has 1 amide bonds. The minimum atomic E-state index is -5.08. The smallest absolute Gasteiger partial charge is 0.324 e. The quantitative estimate of drug-likeness (QED) is 0.459. The lowest BCUT2D eigenvalue weighted by Crippen LogP contribution is -2.30. The number of imidazole rings is 2. The highest BCUT2D eigenvalue weighted by Crippen LogP contribution is 2.32. The third-order valence-electron chi connectivity index (χ3n) is 4.58. The predicted molar refractivity (Wildman–Crippen MR) is 105 cm³/mol. The molecule has 0 bridgehead atoms. The number of aromatic nitrogens is 5. The molecule has 0 atom stereocenters. The van der Waals surface area contributed by atoms with Gasteiger partial charge in [-0.05, 0) is 31.2 Å². The Morgan fingerprint density at radius 2 is 1.94 bits per heavy atom. The zero-order valence-electron chi connectivity index (χ0n) is 16.4.